The maximum absolute atomic E-state index is 9.44. The normalized spacial score (nSPS) is 10.2. The number of benzene rings is 6. The summed E-state index contributed by atoms with van der Waals surface area (Å²) in [5, 5.41) is 0.819. The quantitative estimate of drug-likeness (QED) is 0.132. The standard InChI is InChI=1S/2C18H15S.2C2H4O3S.CH4.BrH/c2*1-4-10-16(11-5-1)19(17-12-6-2-7-13-17)18-14-8-3-9-15-18;2*1-2-6(3,4)5;;/h2*1-15H;2*2H,1H2,(H,3,4,5);1H4;1H/q2*+1;;;;/p-2. The van der Waals surface area contributed by atoms with E-state index in [-0.39, 0.29) is 46.2 Å². The van der Waals surface area contributed by atoms with E-state index in [0.717, 1.165) is 0 Å². The van der Waals surface area contributed by atoms with Crippen molar-refractivity contribution >= 4 is 42.0 Å². The van der Waals surface area contributed by atoms with Crippen LogP contribution in [0.5, 0.6) is 0 Å². The van der Waals surface area contributed by atoms with Crippen LogP contribution in [0.2, 0.25) is 0 Å². The van der Waals surface area contributed by atoms with Gasteiger partial charge in [-0.3, -0.25) is 4.55 Å². The Labute approximate surface area is 325 Å². The van der Waals surface area contributed by atoms with Gasteiger partial charge in [0.15, 0.2) is 29.4 Å². The monoisotopic (exact) mass is 836 g/mol. The molecule has 0 heterocycles. The summed E-state index contributed by atoms with van der Waals surface area (Å²) in [5.74, 6) is 0. The van der Waals surface area contributed by atoms with Gasteiger partial charge in [0.1, 0.15) is 10.1 Å². The van der Waals surface area contributed by atoms with Crippen LogP contribution in [0.3, 0.4) is 0 Å². The molecule has 6 aromatic rings. The predicted octanol–water partition coefficient (Wildman–Crippen LogP) is 6.90. The zero-order valence-corrected chi connectivity index (χ0v) is 32.2. The molecular weight excluding hydrogens is 797 g/mol. The highest BCUT2D eigenvalue weighted by atomic mass is 79.9. The fourth-order valence-electron chi connectivity index (χ4n) is 4.16. The molecule has 0 aliphatic heterocycles. The molecule has 0 aromatic heterocycles. The van der Waals surface area contributed by atoms with Crippen LogP contribution in [0.25, 0.3) is 0 Å². The maximum atomic E-state index is 9.44. The summed E-state index contributed by atoms with van der Waals surface area (Å²) in [6.45, 7) is 5.53. The van der Waals surface area contributed by atoms with Gasteiger partial charge in [-0.25, -0.2) is 8.42 Å². The topological polar surface area (TPSA) is 112 Å². The Kier molecular flexibility index (Phi) is 21.3. The van der Waals surface area contributed by atoms with Crippen LogP contribution in [-0.4, -0.2) is 25.9 Å². The molecule has 6 nitrogen and oxygen atoms in total. The van der Waals surface area contributed by atoms with Gasteiger partial charge in [-0.05, 0) is 72.8 Å². The van der Waals surface area contributed by atoms with Crippen molar-refractivity contribution in [3.05, 3.63) is 206 Å². The van der Waals surface area contributed by atoms with E-state index in [1.165, 1.54) is 29.4 Å². The molecule has 1 N–H and O–H groups in total. The molecule has 0 bridgehead atoms. The highest BCUT2D eigenvalue weighted by Crippen LogP contribution is 2.31. The Hall–Kier alpha value is -4.20. The third kappa shape index (κ3) is 16.9. The van der Waals surface area contributed by atoms with E-state index in [4.69, 9.17) is 4.55 Å². The molecule has 0 atom stereocenters. The second kappa shape index (κ2) is 24.1. The van der Waals surface area contributed by atoms with Crippen molar-refractivity contribution in [3.63, 3.8) is 0 Å². The van der Waals surface area contributed by atoms with E-state index in [9.17, 15) is 21.4 Å². The molecule has 0 radical (unpaired) electrons. The number of hydrogen-bond acceptors (Lipinski definition) is 5. The molecule has 11 heteroatoms. The van der Waals surface area contributed by atoms with E-state index < -0.39 is 20.2 Å². The first-order valence-electron chi connectivity index (χ1n) is 15.0. The smallest absolute Gasteiger partial charge is 0.287 e. The van der Waals surface area contributed by atoms with Crippen molar-refractivity contribution in [2.24, 2.45) is 0 Å². The Morgan fingerprint density at radius 3 is 0.654 bits per heavy atom. The summed E-state index contributed by atoms with van der Waals surface area (Å²) in [5.41, 5.74) is 0. The third-order valence-electron chi connectivity index (χ3n) is 6.29. The first-order chi connectivity index (χ1) is 24.0. The van der Waals surface area contributed by atoms with Crippen LogP contribution < -0.4 is 17.0 Å². The minimum atomic E-state index is -4.15. The average Bonchev–Trinajstić information content (AvgIpc) is 3.15. The van der Waals surface area contributed by atoms with E-state index in [1.807, 2.05) is 0 Å². The van der Waals surface area contributed by atoms with Crippen molar-refractivity contribution in [1.82, 2.24) is 0 Å². The molecule has 6 aromatic carbocycles. The summed E-state index contributed by atoms with van der Waals surface area (Å²) in [6.07, 6.45) is 0. The zero-order chi connectivity index (χ0) is 36.2. The number of hydrogen-bond donors (Lipinski definition) is 1. The van der Waals surface area contributed by atoms with Gasteiger partial charge in [-0.1, -0.05) is 130 Å². The number of rotatable bonds is 8. The Morgan fingerprint density at radius 1 is 0.423 bits per heavy atom. The molecule has 0 unspecified atom stereocenters. The highest BCUT2D eigenvalue weighted by molar-refractivity contribution is 7.97. The van der Waals surface area contributed by atoms with Crippen molar-refractivity contribution in [2.75, 3.05) is 0 Å². The third-order valence-corrected chi connectivity index (χ3v) is 11.6. The second-order valence-corrected chi connectivity index (χ2v) is 16.6. The lowest BCUT2D eigenvalue weighted by atomic mass is 10.4. The lowest BCUT2D eigenvalue weighted by molar-refractivity contribution is -0.0000185. The van der Waals surface area contributed by atoms with Crippen molar-refractivity contribution < 1.29 is 42.9 Å². The van der Waals surface area contributed by atoms with Gasteiger partial charge in [0.2, 0.25) is 0 Å². The van der Waals surface area contributed by atoms with E-state index in [0.29, 0.717) is 10.8 Å². The lowest BCUT2D eigenvalue weighted by Crippen LogP contribution is -3.00. The first kappa shape index (κ1) is 45.8. The average molecular weight is 838 g/mol. The predicted molar refractivity (Wildman–Crippen MR) is 211 cm³/mol. The van der Waals surface area contributed by atoms with Crippen LogP contribution in [-0.2, 0) is 42.0 Å². The molecule has 0 saturated carbocycles. The maximum Gasteiger partial charge on any atom is 0.287 e. The molecule has 0 fully saturated rings. The van der Waals surface area contributed by atoms with Crippen molar-refractivity contribution in [2.45, 2.75) is 36.8 Å². The fourth-order valence-corrected chi connectivity index (χ4v) is 8.36. The van der Waals surface area contributed by atoms with Crippen molar-refractivity contribution in [1.29, 1.82) is 0 Å². The summed E-state index contributed by atoms with van der Waals surface area (Å²) in [6, 6.07) is 64.3. The Morgan fingerprint density at radius 2 is 0.558 bits per heavy atom. The fraction of sp³-hybridized carbons (Fsp3) is 0.0244. The van der Waals surface area contributed by atoms with Gasteiger partial charge in [0.25, 0.3) is 10.1 Å². The summed E-state index contributed by atoms with van der Waals surface area (Å²) in [7, 11) is -8.08. The molecule has 52 heavy (non-hydrogen) atoms. The molecule has 272 valence electrons. The van der Waals surface area contributed by atoms with Gasteiger partial charge >= 0.3 is 0 Å². The SMILES string of the molecule is C.C=CS(=O)(=O)O.C=CS(=O)(=O)[O-].[Br-].c1ccc([S+](c2ccccc2)c2ccccc2)cc1.c1ccc([S+](c2ccccc2)c2ccccc2)cc1. The molecule has 0 aliphatic rings. The van der Waals surface area contributed by atoms with E-state index >= 15 is 0 Å². The van der Waals surface area contributed by atoms with Gasteiger partial charge in [-0.15, -0.1) is 0 Å². The summed E-state index contributed by atoms with van der Waals surface area (Å²) >= 11 is 0. The van der Waals surface area contributed by atoms with Gasteiger partial charge in [-0.2, -0.15) is 8.42 Å². The number of halogens is 1. The minimum Gasteiger partial charge on any atom is -1.00 e. The van der Waals surface area contributed by atoms with Crippen LogP contribution in [0.15, 0.2) is 235 Å². The van der Waals surface area contributed by atoms with Crippen LogP contribution in [0.4, 0.5) is 0 Å². The summed E-state index contributed by atoms with van der Waals surface area (Å²) < 4.78 is 54.5. The molecule has 0 aliphatic carbocycles. The molecule has 0 spiro atoms. The van der Waals surface area contributed by atoms with Crippen LogP contribution in [0, 0.1) is 0 Å². The highest BCUT2D eigenvalue weighted by Gasteiger charge is 2.28. The second-order valence-electron chi connectivity index (χ2n) is 9.83. The van der Waals surface area contributed by atoms with E-state index in [1.54, 1.807) is 0 Å². The largest absolute Gasteiger partial charge is 1.00 e. The molecular formula is C41H41BrO6S4. The molecule has 6 rings (SSSR count). The summed E-state index contributed by atoms with van der Waals surface area (Å²) in [4.78, 5) is 8.17. The first-order valence-corrected chi connectivity index (χ1v) is 20.4. The van der Waals surface area contributed by atoms with Gasteiger partial charge in [0.05, 0.1) is 27.2 Å². The Bertz CT molecular complexity index is 1710. The zero-order valence-electron chi connectivity index (χ0n) is 27.4. The van der Waals surface area contributed by atoms with Crippen LogP contribution >= 0.6 is 0 Å². The Balaban J connectivity index is 0.000000387. The molecule has 0 saturated heterocycles. The lowest BCUT2D eigenvalue weighted by Gasteiger charge is -2.07. The van der Waals surface area contributed by atoms with Crippen LogP contribution in [0.1, 0.15) is 7.43 Å². The van der Waals surface area contributed by atoms with Gasteiger partial charge < -0.3 is 21.5 Å². The molecule has 0 amide bonds. The van der Waals surface area contributed by atoms with Gasteiger partial charge in [0, 0.05) is 5.41 Å². The van der Waals surface area contributed by atoms with Crippen molar-refractivity contribution in [3.8, 4) is 0 Å². The van der Waals surface area contributed by atoms with E-state index in [2.05, 4.69) is 195 Å². The minimum absolute atomic E-state index is 0.